The van der Waals surface area contributed by atoms with Gasteiger partial charge >= 0.3 is 0 Å². The van der Waals surface area contributed by atoms with Crippen LogP contribution in [0, 0.1) is 0 Å². The summed E-state index contributed by atoms with van der Waals surface area (Å²) < 4.78 is 0. The van der Waals surface area contributed by atoms with Gasteiger partial charge in [-0.25, -0.2) is 0 Å². The van der Waals surface area contributed by atoms with E-state index in [4.69, 9.17) is 0 Å². The van der Waals surface area contributed by atoms with Gasteiger partial charge in [0.15, 0.2) is 0 Å². The average Bonchev–Trinajstić information content (AvgIpc) is 2.63. The highest BCUT2D eigenvalue weighted by Crippen LogP contribution is 2.39. The standard InChI is InChI=1S/C22H31N3O2/c1-7-25(8-2)21(27)16-12-14-17(15-13-16)23-18-10-9-11-19(26)20(18)22(3,4)24(5)6/h9-15,23,26H,7-8H2,1-6H3. The Kier molecular flexibility index (Phi) is 6.50. The molecule has 0 saturated heterocycles. The van der Waals surface area contributed by atoms with E-state index < -0.39 is 0 Å². The number of phenolic OH excluding ortho intramolecular Hbond substituents is 1. The van der Waals surface area contributed by atoms with Crippen LogP contribution in [-0.2, 0) is 5.54 Å². The minimum absolute atomic E-state index is 0.0401. The first kappa shape index (κ1) is 20.8. The van der Waals surface area contributed by atoms with Crippen molar-refractivity contribution in [2.24, 2.45) is 0 Å². The zero-order chi connectivity index (χ0) is 20.2. The van der Waals surface area contributed by atoms with Crippen LogP contribution in [0.5, 0.6) is 5.75 Å². The van der Waals surface area contributed by atoms with Gasteiger partial charge < -0.3 is 15.3 Å². The van der Waals surface area contributed by atoms with Gasteiger partial charge in [-0.3, -0.25) is 9.69 Å². The quantitative estimate of drug-likeness (QED) is 0.759. The van der Waals surface area contributed by atoms with Crippen LogP contribution in [0.4, 0.5) is 11.4 Å². The van der Waals surface area contributed by atoms with Gasteiger partial charge in [-0.2, -0.15) is 0 Å². The highest BCUT2D eigenvalue weighted by atomic mass is 16.3. The number of nitrogens with zero attached hydrogens (tertiary/aromatic N) is 2. The van der Waals surface area contributed by atoms with Gasteiger partial charge in [-0.15, -0.1) is 0 Å². The van der Waals surface area contributed by atoms with Crippen molar-refractivity contribution in [1.29, 1.82) is 0 Å². The molecule has 0 saturated carbocycles. The molecule has 0 radical (unpaired) electrons. The number of carbonyl (C=O) groups is 1. The Morgan fingerprint density at radius 2 is 1.63 bits per heavy atom. The fraction of sp³-hybridized carbons (Fsp3) is 0.409. The highest BCUT2D eigenvalue weighted by Gasteiger charge is 2.29. The van der Waals surface area contributed by atoms with Crippen molar-refractivity contribution >= 4 is 17.3 Å². The van der Waals surface area contributed by atoms with Gasteiger partial charge in [-0.1, -0.05) is 6.07 Å². The lowest BCUT2D eigenvalue weighted by atomic mass is 9.90. The number of nitrogens with one attached hydrogen (secondary N) is 1. The summed E-state index contributed by atoms with van der Waals surface area (Å²) in [4.78, 5) is 16.3. The summed E-state index contributed by atoms with van der Waals surface area (Å²) in [5, 5.41) is 13.9. The summed E-state index contributed by atoms with van der Waals surface area (Å²) in [5.41, 5.74) is 2.86. The Morgan fingerprint density at radius 3 is 2.15 bits per heavy atom. The van der Waals surface area contributed by atoms with Crippen molar-refractivity contribution in [2.45, 2.75) is 33.2 Å². The Hall–Kier alpha value is -2.53. The molecule has 2 aromatic carbocycles. The lowest BCUT2D eigenvalue weighted by Gasteiger charge is -2.35. The van der Waals surface area contributed by atoms with Gasteiger partial charge in [0.1, 0.15) is 5.75 Å². The second-order valence-electron chi connectivity index (χ2n) is 7.33. The van der Waals surface area contributed by atoms with E-state index in [2.05, 4.69) is 24.1 Å². The topological polar surface area (TPSA) is 55.8 Å². The summed E-state index contributed by atoms with van der Waals surface area (Å²) >= 11 is 0. The first-order valence-corrected chi connectivity index (χ1v) is 9.38. The summed E-state index contributed by atoms with van der Waals surface area (Å²) in [7, 11) is 3.98. The Morgan fingerprint density at radius 1 is 1.04 bits per heavy atom. The molecule has 2 aromatic rings. The molecular formula is C22H31N3O2. The van der Waals surface area contributed by atoms with E-state index in [1.54, 1.807) is 11.0 Å². The molecule has 5 nitrogen and oxygen atoms in total. The van der Waals surface area contributed by atoms with Crippen molar-refractivity contribution in [3.05, 3.63) is 53.6 Å². The van der Waals surface area contributed by atoms with Crippen molar-refractivity contribution < 1.29 is 9.90 Å². The van der Waals surface area contributed by atoms with Crippen LogP contribution in [0.25, 0.3) is 0 Å². The van der Waals surface area contributed by atoms with E-state index in [1.807, 2.05) is 64.3 Å². The molecule has 0 unspecified atom stereocenters. The first-order chi connectivity index (χ1) is 12.7. The van der Waals surface area contributed by atoms with Crippen molar-refractivity contribution in [2.75, 3.05) is 32.5 Å². The first-order valence-electron chi connectivity index (χ1n) is 9.38. The molecule has 1 amide bonds. The Bertz CT molecular complexity index is 779. The average molecular weight is 370 g/mol. The number of hydrogen-bond donors (Lipinski definition) is 2. The molecule has 0 aliphatic heterocycles. The fourth-order valence-corrected chi connectivity index (χ4v) is 3.06. The number of hydrogen-bond acceptors (Lipinski definition) is 4. The van der Waals surface area contributed by atoms with Crippen LogP contribution in [0.3, 0.4) is 0 Å². The summed E-state index contributed by atoms with van der Waals surface area (Å²) in [6, 6.07) is 12.9. The highest BCUT2D eigenvalue weighted by molar-refractivity contribution is 5.94. The van der Waals surface area contributed by atoms with Gasteiger partial charge in [-0.05, 0) is 78.2 Å². The monoisotopic (exact) mass is 369 g/mol. The fourth-order valence-electron chi connectivity index (χ4n) is 3.06. The predicted octanol–water partition coefficient (Wildman–Crippen LogP) is 4.41. The summed E-state index contributed by atoms with van der Waals surface area (Å²) in [5.74, 6) is 0.297. The zero-order valence-electron chi connectivity index (χ0n) is 17.2. The molecule has 5 heteroatoms. The Balaban J connectivity index is 2.31. The van der Waals surface area contributed by atoms with Crippen molar-refractivity contribution in [3.8, 4) is 5.75 Å². The molecule has 27 heavy (non-hydrogen) atoms. The third kappa shape index (κ3) is 4.42. The number of anilines is 2. The maximum Gasteiger partial charge on any atom is 0.253 e. The lowest BCUT2D eigenvalue weighted by Crippen LogP contribution is -2.36. The van der Waals surface area contributed by atoms with Gasteiger partial charge in [0.05, 0.1) is 0 Å². The molecule has 0 bridgehead atoms. The third-order valence-electron chi connectivity index (χ3n) is 5.23. The van der Waals surface area contributed by atoms with Crippen LogP contribution in [-0.4, -0.2) is 48.0 Å². The maximum absolute atomic E-state index is 12.4. The maximum atomic E-state index is 12.4. The second kappa shape index (κ2) is 8.44. The molecular weight excluding hydrogens is 338 g/mol. The number of amides is 1. The van der Waals surface area contributed by atoms with Crippen LogP contribution in [0.1, 0.15) is 43.6 Å². The summed E-state index contributed by atoms with van der Waals surface area (Å²) in [6.07, 6.45) is 0. The van der Waals surface area contributed by atoms with Crippen molar-refractivity contribution in [3.63, 3.8) is 0 Å². The van der Waals surface area contributed by atoms with E-state index >= 15 is 0 Å². The van der Waals surface area contributed by atoms with E-state index in [1.165, 1.54) is 0 Å². The molecule has 0 atom stereocenters. The van der Waals surface area contributed by atoms with Crippen LogP contribution in [0.2, 0.25) is 0 Å². The van der Waals surface area contributed by atoms with E-state index in [-0.39, 0.29) is 17.2 Å². The molecule has 0 fully saturated rings. The van der Waals surface area contributed by atoms with E-state index in [0.29, 0.717) is 18.7 Å². The minimum atomic E-state index is -0.355. The number of benzene rings is 2. The summed E-state index contributed by atoms with van der Waals surface area (Å²) in [6.45, 7) is 9.49. The van der Waals surface area contributed by atoms with E-state index in [0.717, 1.165) is 16.9 Å². The van der Waals surface area contributed by atoms with Crippen LogP contribution < -0.4 is 5.32 Å². The molecule has 2 rings (SSSR count). The lowest BCUT2D eigenvalue weighted by molar-refractivity contribution is 0.0773. The molecule has 2 N–H and O–H groups in total. The predicted molar refractivity (Wildman–Crippen MR) is 112 cm³/mol. The SMILES string of the molecule is CCN(CC)C(=O)c1ccc(Nc2cccc(O)c2C(C)(C)N(C)C)cc1. The number of aromatic hydroxyl groups is 1. The van der Waals surface area contributed by atoms with Gasteiger partial charge in [0.25, 0.3) is 5.91 Å². The third-order valence-corrected chi connectivity index (χ3v) is 5.23. The van der Waals surface area contributed by atoms with E-state index in [9.17, 15) is 9.90 Å². The normalized spacial score (nSPS) is 11.5. The number of phenols is 1. The van der Waals surface area contributed by atoms with Crippen LogP contribution >= 0.6 is 0 Å². The van der Waals surface area contributed by atoms with Crippen molar-refractivity contribution in [1.82, 2.24) is 9.80 Å². The van der Waals surface area contributed by atoms with Gasteiger partial charge in [0, 0.05) is 41.1 Å². The Labute approximate surface area is 162 Å². The molecule has 146 valence electrons. The second-order valence-corrected chi connectivity index (χ2v) is 7.33. The smallest absolute Gasteiger partial charge is 0.253 e. The molecule has 0 aliphatic rings. The minimum Gasteiger partial charge on any atom is -0.508 e. The molecule has 0 heterocycles. The van der Waals surface area contributed by atoms with Crippen LogP contribution in [0.15, 0.2) is 42.5 Å². The largest absolute Gasteiger partial charge is 0.508 e. The molecule has 0 aliphatic carbocycles. The van der Waals surface area contributed by atoms with Gasteiger partial charge in [0.2, 0.25) is 0 Å². The molecule has 0 aromatic heterocycles. The number of rotatable bonds is 7. The number of carbonyl (C=O) groups excluding carboxylic acids is 1. The molecule has 0 spiro atoms. The zero-order valence-corrected chi connectivity index (χ0v) is 17.2.